The van der Waals surface area contributed by atoms with E-state index in [0.29, 0.717) is 0 Å². The van der Waals surface area contributed by atoms with Crippen molar-refractivity contribution < 1.29 is 53.6 Å². The first-order valence-electron chi connectivity index (χ1n) is 3.98. The van der Waals surface area contributed by atoms with Crippen LogP contribution in [-0.4, -0.2) is 12.2 Å². The molecule has 0 amide bonds. The zero-order chi connectivity index (χ0) is 11.6. The van der Waals surface area contributed by atoms with Gasteiger partial charge in [0, 0.05) is 33.3 Å². The van der Waals surface area contributed by atoms with Crippen LogP contribution in [0.5, 0.6) is 0 Å². The van der Waals surface area contributed by atoms with Gasteiger partial charge in [-0.25, -0.2) is 17.6 Å². The summed E-state index contributed by atoms with van der Waals surface area (Å²) in [5, 5.41) is 8.52. The Bertz CT molecular complexity index is 355. The van der Waals surface area contributed by atoms with Crippen LogP contribution in [0.25, 0.3) is 0 Å². The number of aliphatic hydroxyl groups is 1. The summed E-state index contributed by atoms with van der Waals surface area (Å²) in [6.45, 7) is -1.70. The summed E-state index contributed by atoms with van der Waals surface area (Å²) >= 11 is 0. The van der Waals surface area contributed by atoms with Gasteiger partial charge < -0.3 is 9.84 Å². The van der Waals surface area contributed by atoms with Crippen LogP contribution in [0.1, 0.15) is 11.1 Å². The molecule has 1 N–H and O–H groups in total. The summed E-state index contributed by atoms with van der Waals surface area (Å²) in [6.07, 6.45) is 0. The van der Waals surface area contributed by atoms with Gasteiger partial charge in [-0.05, 0) is 0 Å². The van der Waals surface area contributed by atoms with Crippen molar-refractivity contribution in [2.24, 2.45) is 0 Å². The SMILES string of the molecule is COCc1c(F)c(F)c(CO)c(F)c1F.[Zr]. The van der Waals surface area contributed by atoms with Crippen LogP contribution in [0, 0.1) is 23.3 Å². The standard InChI is InChI=1S/C9H8F4O2.Zr/c1-15-3-5-8(12)6(10)4(2-14)7(11)9(5)13;/h14H,2-3H2,1H3;. The molecule has 0 unspecified atom stereocenters. The third-order valence-electron chi connectivity index (χ3n) is 1.89. The Morgan fingerprint density at radius 2 is 1.31 bits per heavy atom. The van der Waals surface area contributed by atoms with Crippen molar-refractivity contribution in [3.8, 4) is 0 Å². The average molecular weight is 315 g/mol. The fourth-order valence-corrected chi connectivity index (χ4v) is 1.13. The molecule has 0 spiro atoms. The van der Waals surface area contributed by atoms with E-state index in [2.05, 4.69) is 4.74 Å². The fourth-order valence-electron chi connectivity index (χ4n) is 1.13. The number of rotatable bonds is 3. The van der Waals surface area contributed by atoms with E-state index >= 15 is 0 Å². The number of hydrogen-bond donors (Lipinski definition) is 1. The van der Waals surface area contributed by atoms with Crippen LogP contribution in [0.4, 0.5) is 17.6 Å². The van der Waals surface area contributed by atoms with E-state index in [-0.39, 0.29) is 26.2 Å². The molecule has 0 fully saturated rings. The summed E-state index contributed by atoms with van der Waals surface area (Å²) in [5.74, 6) is -6.27. The van der Waals surface area contributed by atoms with Gasteiger partial charge >= 0.3 is 0 Å². The van der Waals surface area contributed by atoms with Gasteiger partial charge in [0.25, 0.3) is 0 Å². The Labute approximate surface area is 108 Å². The van der Waals surface area contributed by atoms with E-state index in [1.165, 1.54) is 0 Å². The molecule has 0 aliphatic rings. The molecule has 0 saturated heterocycles. The maximum Gasteiger partial charge on any atom is 0.167 e. The summed E-state index contributed by atoms with van der Waals surface area (Å²) in [4.78, 5) is 0. The third-order valence-corrected chi connectivity index (χ3v) is 1.89. The van der Waals surface area contributed by atoms with Crippen molar-refractivity contribution in [1.82, 2.24) is 0 Å². The van der Waals surface area contributed by atoms with Gasteiger partial charge in [-0.2, -0.15) is 0 Å². The van der Waals surface area contributed by atoms with Crippen molar-refractivity contribution in [3.63, 3.8) is 0 Å². The number of methoxy groups -OCH3 is 1. The molecule has 88 valence electrons. The molecule has 0 bridgehead atoms. The van der Waals surface area contributed by atoms with Crippen molar-refractivity contribution in [2.75, 3.05) is 7.11 Å². The van der Waals surface area contributed by atoms with Gasteiger partial charge in [0.15, 0.2) is 23.3 Å². The minimum Gasteiger partial charge on any atom is -0.391 e. The summed E-state index contributed by atoms with van der Waals surface area (Å²) in [6, 6.07) is 0. The minimum atomic E-state index is -1.59. The molecule has 7 heteroatoms. The Kier molecular flexibility index (Phi) is 6.37. The Hall–Kier alpha value is -0.257. The van der Waals surface area contributed by atoms with Crippen molar-refractivity contribution >= 4 is 0 Å². The minimum absolute atomic E-state index is 0. The molecule has 1 aromatic carbocycles. The summed E-state index contributed by atoms with van der Waals surface area (Å²) in [7, 11) is 1.13. The van der Waals surface area contributed by atoms with E-state index in [1.54, 1.807) is 0 Å². The molecular weight excluding hydrogens is 307 g/mol. The van der Waals surface area contributed by atoms with Gasteiger partial charge in [0.1, 0.15) is 0 Å². The van der Waals surface area contributed by atoms with Crippen LogP contribution in [0.3, 0.4) is 0 Å². The first-order chi connectivity index (χ1) is 7.04. The first-order valence-corrected chi connectivity index (χ1v) is 3.98. The molecule has 0 aliphatic carbocycles. The molecule has 2 nitrogen and oxygen atoms in total. The Morgan fingerprint density at radius 1 is 0.938 bits per heavy atom. The number of halogens is 4. The average Bonchev–Trinajstić information content (AvgIpc) is 2.23. The molecule has 0 aliphatic heterocycles. The van der Waals surface area contributed by atoms with Crippen molar-refractivity contribution in [3.05, 3.63) is 34.4 Å². The number of aliphatic hydroxyl groups excluding tert-OH is 1. The molecular formula is C9H8F4O2Zr. The second-order valence-corrected chi connectivity index (χ2v) is 2.80. The maximum absolute atomic E-state index is 13.1. The number of hydrogen-bond acceptors (Lipinski definition) is 2. The van der Waals surface area contributed by atoms with E-state index in [1.807, 2.05) is 0 Å². The normalized spacial score (nSPS) is 10.1. The largest absolute Gasteiger partial charge is 0.391 e. The van der Waals surface area contributed by atoms with E-state index in [0.717, 1.165) is 7.11 Å². The van der Waals surface area contributed by atoms with Crippen LogP contribution >= 0.6 is 0 Å². The second-order valence-electron chi connectivity index (χ2n) is 2.80. The molecule has 0 atom stereocenters. The van der Waals surface area contributed by atoms with Crippen LogP contribution in [-0.2, 0) is 44.2 Å². The molecule has 16 heavy (non-hydrogen) atoms. The first kappa shape index (κ1) is 15.7. The van der Waals surface area contributed by atoms with Crippen LogP contribution in [0.2, 0.25) is 0 Å². The molecule has 1 aromatic rings. The number of benzene rings is 1. The van der Waals surface area contributed by atoms with E-state index in [4.69, 9.17) is 5.11 Å². The van der Waals surface area contributed by atoms with Gasteiger partial charge in [-0.15, -0.1) is 0 Å². The quantitative estimate of drug-likeness (QED) is 0.682. The van der Waals surface area contributed by atoms with E-state index in [9.17, 15) is 17.6 Å². The van der Waals surface area contributed by atoms with Crippen LogP contribution < -0.4 is 0 Å². The molecule has 0 radical (unpaired) electrons. The zero-order valence-corrected chi connectivity index (χ0v) is 10.7. The Morgan fingerprint density at radius 3 is 1.62 bits per heavy atom. The Balaban J connectivity index is 0.00000225. The zero-order valence-electron chi connectivity index (χ0n) is 8.28. The van der Waals surface area contributed by atoms with E-state index < -0.39 is 47.6 Å². The van der Waals surface area contributed by atoms with Crippen molar-refractivity contribution in [1.29, 1.82) is 0 Å². The van der Waals surface area contributed by atoms with Gasteiger partial charge in [-0.1, -0.05) is 0 Å². The summed E-state index contributed by atoms with van der Waals surface area (Å²) < 4.78 is 56.7. The number of ether oxygens (including phenoxy) is 1. The van der Waals surface area contributed by atoms with Crippen molar-refractivity contribution in [2.45, 2.75) is 13.2 Å². The monoisotopic (exact) mass is 314 g/mol. The van der Waals surface area contributed by atoms with Gasteiger partial charge in [-0.3, -0.25) is 0 Å². The predicted molar refractivity (Wildman–Crippen MR) is 42.9 cm³/mol. The topological polar surface area (TPSA) is 29.5 Å². The summed E-state index contributed by atoms with van der Waals surface area (Å²) in [5.41, 5.74) is -1.85. The van der Waals surface area contributed by atoms with Gasteiger partial charge in [0.2, 0.25) is 0 Å². The third kappa shape index (κ3) is 2.70. The fraction of sp³-hybridized carbons (Fsp3) is 0.333. The molecule has 0 heterocycles. The smallest absolute Gasteiger partial charge is 0.167 e. The van der Waals surface area contributed by atoms with Gasteiger partial charge in [0.05, 0.1) is 24.3 Å². The predicted octanol–water partition coefficient (Wildman–Crippen LogP) is 1.88. The van der Waals surface area contributed by atoms with Crippen LogP contribution in [0.15, 0.2) is 0 Å². The maximum atomic E-state index is 13.1. The molecule has 1 rings (SSSR count). The second kappa shape index (κ2) is 6.47. The molecule has 0 saturated carbocycles. The molecule has 0 aromatic heterocycles.